The van der Waals surface area contributed by atoms with E-state index >= 15 is 0 Å². The van der Waals surface area contributed by atoms with Crippen molar-refractivity contribution in [3.8, 4) is 0 Å². The number of hydrogen-bond acceptors (Lipinski definition) is 0. The van der Waals surface area contributed by atoms with Crippen LogP contribution in [0.3, 0.4) is 0 Å². The third-order valence-corrected chi connectivity index (χ3v) is 0. The van der Waals surface area contributed by atoms with E-state index in [1.165, 1.54) is 0 Å². The summed E-state index contributed by atoms with van der Waals surface area (Å²) in [4.78, 5) is 0. The van der Waals surface area contributed by atoms with Crippen molar-refractivity contribution in [1.29, 1.82) is 0 Å². The topological polar surface area (TPSA) is 0 Å². The second-order valence-electron chi connectivity index (χ2n) is 0. The summed E-state index contributed by atoms with van der Waals surface area (Å²) in [5.74, 6) is 0. The molecule has 0 fully saturated rings. The fraction of sp³-hybridized carbons (Fsp3) is 0. The third kappa shape index (κ3) is 9.59. The molecule has 0 radical (unpaired) electrons. The van der Waals surface area contributed by atoms with Gasteiger partial charge in [-0.15, -0.1) is 17.0 Å². The van der Waals surface area contributed by atoms with Crippen LogP contribution in [0.15, 0.2) is 6.58 Å². The van der Waals surface area contributed by atoms with Crippen molar-refractivity contribution < 1.29 is 40.4 Å². The summed E-state index contributed by atoms with van der Waals surface area (Å²) in [6, 6.07) is 0. The first-order chi connectivity index (χ1) is 1.00. The minimum atomic E-state index is 0. The van der Waals surface area contributed by atoms with Crippen LogP contribution in [0.25, 0.3) is 0 Å². The van der Waals surface area contributed by atoms with Crippen LogP contribution in [-0.4, -0.2) is 0 Å². The molecule has 0 aromatic rings. The van der Waals surface area contributed by atoms with Crippen LogP contribution in [0.2, 0.25) is 0 Å². The van der Waals surface area contributed by atoms with E-state index in [-0.39, 0.29) is 57.4 Å². The van der Waals surface area contributed by atoms with Gasteiger partial charge in [0.2, 0.25) is 0 Å². The van der Waals surface area contributed by atoms with Crippen molar-refractivity contribution in [3.63, 3.8) is 0 Å². The molecule has 0 atom stereocenters. The van der Waals surface area contributed by atoms with Crippen molar-refractivity contribution in [2.75, 3.05) is 0 Å². The maximum absolute atomic E-state index is 4.25. The Hall–Kier alpha value is 1.56. The molecule has 0 amide bonds. The first-order valence-electron chi connectivity index (χ1n) is 0.408. The van der Waals surface area contributed by atoms with E-state index in [1.54, 1.807) is 0 Å². The molecule has 0 nitrogen and oxygen atoms in total. The van der Waals surface area contributed by atoms with Crippen molar-refractivity contribution in [3.05, 3.63) is 13.2 Å². The zero-order valence-corrected chi connectivity index (χ0v) is 6.43. The summed E-state index contributed by atoms with van der Waals surface area (Å²) in [5, 5.41) is 0. The SMILES string of the molecule is Br.[CH-]=C.[Sm]. The molecular weight excluding hydrogens is 254 g/mol. The average Bonchev–Trinajstić information content (AvgIpc) is 1.00. The molecule has 0 spiro atoms. The van der Waals surface area contributed by atoms with E-state index in [2.05, 4.69) is 13.2 Å². The predicted molar refractivity (Wildman–Crippen MR) is 20.2 cm³/mol. The van der Waals surface area contributed by atoms with Crippen LogP contribution in [0.5, 0.6) is 0 Å². The zero-order valence-electron chi connectivity index (χ0n) is 2.10. The van der Waals surface area contributed by atoms with E-state index in [0.29, 0.717) is 0 Å². The van der Waals surface area contributed by atoms with Crippen molar-refractivity contribution >= 4 is 17.0 Å². The monoisotopic (exact) mass is 259 g/mol. The zero-order chi connectivity index (χ0) is 2.00. The van der Waals surface area contributed by atoms with Crippen LogP contribution < -0.4 is 0 Å². The average molecular weight is 258 g/mol. The molecule has 26 valence electrons. The Bertz CT molecular complexity index is 6.00. The Morgan fingerprint density at radius 2 is 1.25 bits per heavy atom. The van der Waals surface area contributed by atoms with Gasteiger partial charge in [-0.3, -0.25) is 6.58 Å². The van der Waals surface area contributed by atoms with Crippen LogP contribution in [0, 0.1) is 47.0 Å². The standard InChI is InChI=1S/C2H3.BrH.Sm/c1-2;;/h1H,2H2;1H;/q-1;;. The van der Waals surface area contributed by atoms with Gasteiger partial charge in [-0.05, 0) is 0 Å². The molecule has 0 N–H and O–H groups in total. The Kier molecular flexibility index (Phi) is 105. The molecule has 0 aromatic carbocycles. The van der Waals surface area contributed by atoms with Crippen molar-refractivity contribution in [2.24, 2.45) is 0 Å². The number of rotatable bonds is 0. The minimum absolute atomic E-state index is 0. The largest absolute Gasteiger partial charge is 0.521 e. The van der Waals surface area contributed by atoms with Gasteiger partial charge in [-0.25, -0.2) is 0 Å². The maximum Gasteiger partial charge on any atom is 0 e. The van der Waals surface area contributed by atoms with Gasteiger partial charge >= 0.3 is 0 Å². The smallest absolute Gasteiger partial charge is 0 e. The van der Waals surface area contributed by atoms with Crippen molar-refractivity contribution in [2.45, 2.75) is 0 Å². The van der Waals surface area contributed by atoms with Crippen LogP contribution in [0.1, 0.15) is 0 Å². The fourth-order valence-corrected chi connectivity index (χ4v) is 0. The van der Waals surface area contributed by atoms with Gasteiger partial charge in [0, 0.05) is 40.4 Å². The molecule has 4 heavy (non-hydrogen) atoms. The molecule has 0 heterocycles. The molecular formula is C2H4BrSm-. The Morgan fingerprint density at radius 3 is 1.25 bits per heavy atom. The molecule has 0 saturated carbocycles. The van der Waals surface area contributed by atoms with Crippen LogP contribution in [0.4, 0.5) is 0 Å². The second-order valence-corrected chi connectivity index (χ2v) is 0. The summed E-state index contributed by atoms with van der Waals surface area (Å²) in [6.07, 6.45) is 0. The first-order valence-corrected chi connectivity index (χ1v) is 0.408. The van der Waals surface area contributed by atoms with E-state index in [9.17, 15) is 0 Å². The molecule has 0 rings (SSSR count). The summed E-state index contributed by atoms with van der Waals surface area (Å²) in [5.41, 5.74) is 0. The maximum atomic E-state index is 4.25. The molecule has 0 unspecified atom stereocenters. The second kappa shape index (κ2) is 23.8. The quantitative estimate of drug-likeness (QED) is 0.572. The van der Waals surface area contributed by atoms with E-state index < -0.39 is 0 Å². The van der Waals surface area contributed by atoms with Crippen LogP contribution >= 0.6 is 17.0 Å². The number of halogens is 1. The van der Waals surface area contributed by atoms with E-state index in [1.807, 2.05) is 0 Å². The molecule has 2 heteroatoms. The third-order valence-electron chi connectivity index (χ3n) is 0. The molecule has 0 saturated heterocycles. The van der Waals surface area contributed by atoms with Gasteiger partial charge < -0.3 is 6.58 Å². The first kappa shape index (κ1) is 17.6. The van der Waals surface area contributed by atoms with Gasteiger partial charge in [0.05, 0.1) is 0 Å². The van der Waals surface area contributed by atoms with Gasteiger partial charge in [-0.2, -0.15) is 0 Å². The van der Waals surface area contributed by atoms with E-state index in [0.717, 1.165) is 0 Å². The molecule has 0 aromatic heterocycles. The van der Waals surface area contributed by atoms with Crippen molar-refractivity contribution in [1.82, 2.24) is 0 Å². The van der Waals surface area contributed by atoms with E-state index in [4.69, 9.17) is 0 Å². The summed E-state index contributed by atoms with van der Waals surface area (Å²) >= 11 is 0. The fourth-order valence-electron chi connectivity index (χ4n) is 0. The van der Waals surface area contributed by atoms with Gasteiger partial charge in [-0.1, -0.05) is 0 Å². The minimum Gasteiger partial charge on any atom is -0.521 e. The van der Waals surface area contributed by atoms with Crippen LogP contribution in [-0.2, 0) is 0 Å². The van der Waals surface area contributed by atoms with Gasteiger partial charge in [0.1, 0.15) is 0 Å². The summed E-state index contributed by atoms with van der Waals surface area (Å²) in [7, 11) is 0. The summed E-state index contributed by atoms with van der Waals surface area (Å²) in [6.45, 7) is 7.00. The Balaban J connectivity index is -0.00000000500. The van der Waals surface area contributed by atoms with Gasteiger partial charge in [0.15, 0.2) is 0 Å². The predicted octanol–water partition coefficient (Wildman–Crippen LogP) is 1.18. The summed E-state index contributed by atoms with van der Waals surface area (Å²) < 4.78 is 0. The molecule has 0 aliphatic heterocycles. The Morgan fingerprint density at radius 1 is 1.25 bits per heavy atom. The molecule has 0 aliphatic carbocycles. The number of hydrogen-bond donors (Lipinski definition) is 0. The molecule has 0 aliphatic rings. The normalized spacial score (nSPS) is 1.00. The Labute approximate surface area is 69.5 Å². The molecule has 0 bridgehead atoms. The van der Waals surface area contributed by atoms with Gasteiger partial charge in [0.25, 0.3) is 0 Å².